The van der Waals surface area contributed by atoms with E-state index in [0.29, 0.717) is 16.7 Å². The minimum atomic E-state index is -0.506. The summed E-state index contributed by atoms with van der Waals surface area (Å²) in [5.41, 5.74) is 1.75. The molecule has 122 valence electrons. The van der Waals surface area contributed by atoms with E-state index in [1.165, 1.54) is 13.2 Å². The lowest BCUT2D eigenvalue weighted by Crippen LogP contribution is -2.01. The Morgan fingerprint density at radius 1 is 1.21 bits per heavy atom. The van der Waals surface area contributed by atoms with E-state index in [2.05, 4.69) is 4.74 Å². The van der Waals surface area contributed by atoms with E-state index in [0.717, 1.165) is 6.07 Å². The van der Waals surface area contributed by atoms with Crippen LogP contribution in [0.4, 0.5) is 4.39 Å². The number of phenols is 1. The summed E-state index contributed by atoms with van der Waals surface area (Å²) < 4.78 is 18.7. The van der Waals surface area contributed by atoms with E-state index < -0.39 is 17.7 Å². The second-order valence-corrected chi connectivity index (χ2v) is 5.62. The van der Waals surface area contributed by atoms with Gasteiger partial charge in [0.1, 0.15) is 11.6 Å². The summed E-state index contributed by atoms with van der Waals surface area (Å²) in [7, 11) is 1.30. The minimum Gasteiger partial charge on any atom is -0.507 e. The van der Waals surface area contributed by atoms with Crippen LogP contribution < -0.4 is 0 Å². The highest BCUT2D eigenvalue weighted by atomic mass is 19.1. The largest absolute Gasteiger partial charge is 0.507 e. The molecule has 2 aromatic rings. The molecule has 1 atom stereocenters. The molecule has 0 bridgehead atoms. The van der Waals surface area contributed by atoms with Crippen molar-refractivity contribution in [3.63, 3.8) is 0 Å². The van der Waals surface area contributed by atoms with Crippen molar-refractivity contribution in [1.82, 2.24) is 0 Å². The number of hydrogen-bond acceptors (Lipinski definition) is 4. The lowest BCUT2D eigenvalue weighted by atomic mass is 9.97. The topological polar surface area (TPSA) is 63.6 Å². The molecule has 4 nitrogen and oxygen atoms in total. The summed E-state index contributed by atoms with van der Waals surface area (Å²) in [4.78, 5) is 24.0. The number of fused-ring (bicyclic) bond motifs is 1. The van der Waals surface area contributed by atoms with Crippen LogP contribution in [-0.4, -0.2) is 24.0 Å². The SMILES string of the molecule is COC(=O)c1ccc(/C=C2\C(=O)c3c(O)ccc(F)c3[C@H]2C)cc1. The lowest BCUT2D eigenvalue weighted by molar-refractivity contribution is 0.0600. The highest BCUT2D eigenvalue weighted by Crippen LogP contribution is 2.43. The molecule has 2 aromatic carbocycles. The number of ketones is 1. The average molecular weight is 326 g/mol. The molecule has 0 saturated heterocycles. The van der Waals surface area contributed by atoms with Crippen LogP contribution in [0.1, 0.15) is 44.7 Å². The van der Waals surface area contributed by atoms with Crippen LogP contribution in [0.3, 0.4) is 0 Å². The summed E-state index contributed by atoms with van der Waals surface area (Å²) in [5.74, 6) is -2.01. The quantitative estimate of drug-likeness (QED) is 0.675. The van der Waals surface area contributed by atoms with Crippen LogP contribution in [-0.2, 0) is 4.74 Å². The van der Waals surface area contributed by atoms with Gasteiger partial charge in [-0.15, -0.1) is 0 Å². The Morgan fingerprint density at radius 3 is 2.46 bits per heavy atom. The van der Waals surface area contributed by atoms with Crippen molar-refractivity contribution in [2.24, 2.45) is 0 Å². The van der Waals surface area contributed by atoms with Gasteiger partial charge in [0.25, 0.3) is 0 Å². The molecule has 0 saturated carbocycles. The fraction of sp³-hybridized carbons (Fsp3) is 0.158. The van der Waals surface area contributed by atoms with Crippen molar-refractivity contribution >= 4 is 17.8 Å². The zero-order valence-electron chi connectivity index (χ0n) is 13.2. The Kier molecular flexibility index (Phi) is 3.93. The first-order chi connectivity index (χ1) is 11.4. The molecule has 0 heterocycles. The Balaban J connectivity index is 2.00. The van der Waals surface area contributed by atoms with Gasteiger partial charge >= 0.3 is 5.97 Å². The van der Waals surface area contributed by atoms with Crippen molar-refractivity contribution in [2.45, 2.75) is 12.8 Å². The van der Waals surface area contributed by atoms with E-state index in [1.54, 1.807) is 37.3 Å². The van der Waals surface area contributed by atoms with Crippen LogP contribution >= 0.6 is 0 Å². The number of Topliss-reactive ketones (excluding diaryl/α,β-unsaturated/α-hetero) is 1. The number of methoxy groups -OCH3 is 1. The Morgan fingerprint density at radius 2 is 1.88 bits per heavy atom. The van der Waals surface area contributed by atoms with Crippen molar-refractivity contribution in [2.75, 3.05) is 7.11 Å². The molecule has 5 heteroatoms. The van der Waals surface area contributed by atoms with E-state index in [4.69, 9.17) is 0 Å². The summed E-state index contributed by atoms with van der Waals surface area (Å²) >= 11 is 0. The number of halogens is 1. The van der Waals surface area contributed by atoms with Gasteiger partial charge in [0.2, 0.25) is 0 Å². The molecular formula is C19H15FO4. The number of ether oxygens (including phenoxy) is 1. The van der Waals surface area contributed by atoms with Gasteiger partial charge in [0.15, 0.2) is 5.78 Å². The number of benzene rings is 2. The van der Waals surface area contributed by atoms with Gasteiger partial charge in [-0.2, -0.15) is 0 Å². The van der Waals surface area contributed by atoms with Gasteiger partial charge in [-0.1, -0.05) is 19.1 Å². The normalized spacial score (nSPS) is 17.9. The second-order valence-electron chi connectivity index (χ2n) is 5.62. The summed E-state index contributed by atoms with van der Waals surface area (Å²) in [6, 6.07) is 8.89. The summed E-state index contributed by atoms with van der Waals surface area (Å²) in [5, 5.41) is 9.89. The van der Waals surface area contributed by atoms with Gasteiger partial charge < -0.3 is 9.84 Å². The maximum atomic E-state index is 14.0. The zero-order chi connectivity index (χ0) is 17.4. The van der Waals surface area contributed by atoms with Gasteiger partial charge in [0.05, 0.1) is 18.2 Å². The van der Waals surface area contributed by atoms with Gasteiger partial charge in [0, 0.05) is 17.1 Å². The number of carbonyl (C=O) groups is 2. The third-order valence-electron chi connectivity index (χ3n) is 4.21. The van der Waals surface area contributed by atoms with E-state index in [-0.39, 0.29) is 22.7 Å². The van der Waals surface area contributed by atoms with Gasteiger partial charge in [-0.05, 0) is 35.9 Å². The molecule has 0 radical (unpaired) electrons. The molecule has 0 fully saturated rings. The Labute approximate surface area is 138 Å². The smallest absolute Gasteiger partial charge is 0.337 e. The molecule has 0 unspecified atom stereocenters. The molecule has 1 N–H and O–H groups in total. The third-order valence-corrected chi connectivity index (χ3v) is 4.21. The molecule has 24 heavy (non-hydrogen) atoms. The van der Waals surface area contributed by atoms with Gasteiger partial charge in [-0.25, -0.2) is 9.18 Å². The van der Waals surface area contributed by atoms with Crippen LogP contribution in [0, 0.1) is 5.82 Å². The molecule has 3 rings (SSSR count). The number of esters is 1. The average Bonchev–Trinajstić information content (AvgIpc) is 2.84. The zero-order valence-corrected chi connectivity index (χ0v) is 13.2. The highest BCUT2D eigenvalue weighted by Gasteiger charge is 2.36. The Hall–Kier alpha value is -2.95. The molecule has 0 spiro atoms. The molecule has 1 aliphatic rings. The monoisotopic (exact) mass is 326 g/mol. The van der Waals surface area contributed by atoms with Crippen LogP contribution in [0.5, 0.6) is 5.75 Å². The Bertz CT molecular complexity index is 866. The lowest BCUT2D eigenvalue weighted by Gasteiger charge is -2.07. The number of allylic oxidation sites excluding steroid dienone is 1. The highest BCUT2D eigenvalue weighted by molar-refractivity contribution is 6.18. The van der Waals surface area contributed by atoms with E-state index in [9.17, 15) is 19.1 Å². The number of phenolic OH excluding ortho intramolecular Hbond substituents is 1. The predicted molar refractivity (Wildman–Crippen MR) is 86.6 cm³/mol. The van der Waals surface area contributed by atoms with Gasteiger partial charge in [-0.3, -0.25) is 4.79 Å². The molecule has 0 aliphatic heterocycles. The first-order valence-corrected chi connectivity index (χ1v) is 7.40. The fourth-order valence-electron chi connectivity index (χ4n) is 2.94. The van der Waals surface area contributed by atoms with E-state index in [1.807, 2.05) is 0 Å². The maximum absolute atomic E-state index is 14.0. The third kappa shape index (κ3) is 2.48. The predicted octanol–water partition coefficient (Wildman–Crippen LogP) is 3.70. The van der Waals surface area contributed by atoms with Crippen LogP contribution in [0.15, 0.2) is 42.0 Å². The van der Waals surface area contributed by atoms with Crippen molar-refractivity contribution in [3.05, 3.63) is 70.0 Å². The van der Waals surface area contributed by atoms with Crippen molar-refractivity contribution < 1.29 is 23.8 Å². The first kappa shape index (κ1) is 15.9. The second kappa shape index (κ2) is 5.92. The minimum absolute atomic E-state index is 0.0277. The number of aromatic hydroxyl groups is 1. The number of rotatable bonds is 2. The van der Waals surface area contributed by atoms with Crippen molar-refractivity contribution in [1.29, 1.82) is 0 Å². The number of hydrogen-bond donors (Lipinski definition) is 1. The van der Waals surface area contributed by atoms with E-state index >= 15 is 0 Å². The summed E-state index contributed by atoms with van der Waals surface area (Å²) in [6.45, 7) is 1.72. The van der Waals surface area contributed by atoms with Crippen LogP contribution in [0.2, 0.25) is 0 Å². The van der Waals surface area contributed by atoms with Crippen LogP contribution in [0.25, 0.3) is 6.08 Å². The number of carbonyl (C=O) groups excluding carboxylic acids is 2. The maximum Gasteiger partial charge on any atom is 0.337 e. The fourth-order valence-corrected chi connectivity index (χ4v) is 2.94. The molecule has 0 amide bonds. The molecule has 1 aliphatic carbocycles. The molecule has 0 aromatic heterocycles. The van der Waals surface area contributed by atoms with Crippen molar-refractivity contribution in [3.8, 4) is 5.75 Å². The standard InChI is InChI=1S/C19H15FO4/c1-10-13(9-11-3-5-12(6-4-11)19(23)24-2)18(22)17-15(21)8-7-14(20)16(10)17/h3-10,21H,1-2H3/b13-9-/t10-/m0/s1. The summed E-state index contributed by atoms with van der Waals surface area (Å²) in [6.07, 6.45) is 1.65. The molecular weight excluding hydrogens is 311 g/mol. The first-order valence-electron chi connectivity index (χ1n) is 7.40.